The number of carboxylic acids is 1. The molecule has 1 atom stereocenters. The maximum absolute atomic E-state index is 13.5. The van der Waals surface area contributed by atoms with Crippen molar-refractivity contribution in [3.63, 3.8) is 0 Å². The van der Waals surface area contributed by atoms with Crippen LogP contribution in [0.5, 0.6) is 5.75 Å². The zero-order chi connectivity index (χ0) is 44.8. The summed E-state index contributed by atoms with van der Waals surface area (Å²) in [6.07, 6.45) is 11.7. The molecule has 2 saturated carbocycles. The van der Waals surface area contributed by atoms with Crippen molar-refractivity contribution in [1.82, 2.24) is 15.3 Å². The average molecular weight is 868 g/mol. The van der Waals surface area contributed by atoms with Gasteiger partial charge in [0.1, 0.15) is 23.2 Å². The number of hydrogen-bond acceptors (Lipinski definition) is 8. The molecule has 8 rings (SSSR count). The van der Waals surface area contributed by atoms with Gasteiger partial charge in [-0.25, -0.2) is 19.6 Å². The molecule has 3 aromatic carbocycles. The number of carbonyl (C=O) groups is 3. The molecule has 2 aliphatic carbocycles. The number of methoxy groups -OCH3 is 1. The lowest BCUT2D eigenvalue weighted by atomic mass is 9.86. The molecule has 0 spiro atoms. The Labute approximate surface area is 375 Å². The van der Waals surface area contributed by atoms with Crippen molar-refractivity contribution in [2.45, 2.75) is 123 Å². The standard InChI is InChI=1S/C36H42N2O3S.C17H19NO3/c1-22(2)33-17-16-28(42-33)21-32(35(40)41)38-34(39)31-20-26-11-10-25(24-12-14-27(15-13-24)36(3,4)5)19-29(26)30(37-31)18-23-8-6-7-9-23;1-21-17(20)16-9-12-6-7-13(19)10-14(12)15(18-16)8-11-4-2-3-5-11/h10-17,19-20,22-23,32H,6-9,18,21H2,1-5H3,(H,38,39)(H,40,41);6-7,9-11,19H,2-5,8H2,1H3. The summed E-state index contributed by atoms with van der Waals surface area (Å²) in [6.45, 7) is 10.9. The van der Waals surface area contributed by atoms with Crippen molar-refractivity contribution in [3.8, 4) is 16.9 Å². The Morgan fingerprint density at radius 3 is 1.86 bits per heavy atom. The number of nitrogens with zero attached hydrogens (tertiary/aromatic N) is 2. The number of esters is 1. The predicted molar refractivity (Wildman–Crippen MR) is 253 cm³/mol. The maximum Gasteiger partial charge on any atom is 0.356 e. The highest BCUT2D eigenvalue weighted by Crippen LogP contribution is 2.35. The average Bonchev–Trinajstić information content (AvgIpc) is 4.08. The Bertz CT molecular complexity index is 2580. The van der Waals surface area contributed by atoms with E-state index in [9.17, 15) is 24.6 Å². The van der Waals surface area contributed by atoms with Gasteiger partial charge in [-0.2, -0.15) is 0 Å². The molecule has 0 saturated heterocycles. The van der Waals surface area contributed by atoms with Gasteiger partial charge < -0.3 is 20.3 Å². The van der Waals surface area contributed by atoms with Crippen LogP contribution in [0.4, 0.5) is 0 Å². The van der Waals surface area contributed by atoms with Gasteiger partial charge in [0, 0.05) is 38.3 Å². The number of thiophene rings is 1. The van der Waals surface area contributed by atoms with Crippen LogP contribution in [0.1, 0.15) is 140 Å². The number of hydrogen-bond donors (Lipinski definition) is 3. The monoisotopic (exact) mass is 867 g/mol. The Morgan fingerprint density at radius 2 is 1.30 bits per heavy atom. The highest BCUT2D eigenvalue weighted by atomic mass is 32.1. The van der Waals surface area contributed by atoms with E-state index in [0.29, 0.717) is 23.4 Å². The van der Waals surface area contributed by atoms with Crippen molar-refractivity contribution in [2.24, 2.45) is 11.8 Å². The molecule has 3 aromatic heterocycles. The first-order valence-corrected chi connectivity index (χ1v) is 23.3. The van der Waals surface area contributed by atoms with E-state index in [2.05, 4.69) is 87.4 Å². The van der Waals surface area contributed by atoms with Gasteiger partial charge in [-0.3, -0.25) is 4.79 Å². The van der Waals surface area contributed by atoms with E-state index >= 15 is 0 Å². The number of pyridine rings is 2. The van der Waals surface area contributed by atoms with Crippen LogP contribution >= 0.6 is 11.3 Å². The number of aliphatic carboxylic acids is 1. The van der Waals surface area contributed by atoms with E-state index in [1.807, 2.05) is 18.2 Å². The number of ether oxygens (including phenoxy) is 1. The summed E-state index contributed by atoms with van der Waals surface area (Å²) in [5, 5.41) is 26.3. The van der Waals surface area contributed by atoms with Crippen LogP contribution in [0, 0.1) is 11.8 Å². The van der Waals surface area contributed by atoms with Gasteiger partial charge in [-0.1, -0.05) is 128 Å². The second-order valence-corrected chi connectivity index (χ2v) is 20.0. The molecular formula is C53H61N3O6S. The second kappa shape index (κ2) is 19.8. The zero-order valence-electron chi connectivity index (χ0n) is 37.5. The van der Waals surface area contributed by atoms with Crippen molar-refractivity contribution < 1.29 is 29.3 Å². The van der Waals surface area contributed by atoms with E-state index in [0.717, 1.165) is 61.8 Å². The van der Waals surface area contributed by atoms with Gasteiger partial charge in [-0.15, -0.1) is 11.3 Å². The van der Waals surface area contributed by atoms with Gasteiger partial charge in [0.05, 0.1) is 7.11 Å². The van der Waals surface area contributed by atoms with Crippen LogP contribution in [0.15, 0.2) is 84.9 Å². The molecule has 0 bridgehead atoms. The molecule has 10 heteroatoms. The van der Waals surface area contributed by atoms with Gasteiger partial charge in [0.25, 0.3) is 5.91 Å². The third kappa shape index (κ3) is 11.3. The Morgan fingerprint density at radius 1 is 0.746 bits per heavy atom. The highest BCUT2D eigenvalue weighted by Gasteiger charge is 2.26. The van der Waals surface area contributed by atoms with Crippen LogP contribution in [0.25, 0.3) is 32.7 Å². The molecule has 0 radical (unpaired) electrons. The number of benzene rings is 3. The molecule has 6 aromatic rings. The summed E-state index contributed by atoms with van der Waals surface area (Å²) in [5.74, 6) is -0.132. The number of aromatic hydroxyl groups is 1. The molecule has 3 heterocycles. The number of aromatic nitrogens is 2. The summed E-state index contributed by atoms with van der Waals surface area (Å²) in [7, 11) is 1.36. The minimum absolute atomic E-state index is 0.0949. The van der Waals surface area contributed by atoms with Crippen molar-refractivity contribution >= 4 is 50.7 Å². The molecule has 0 aliphatic heterocycles. The predicted octanol–water partition coefficient (Wildman–Crippen LogP) is 12.0. The highest BCUT2D eigenvalue weighted by molar-refractivity contribution is 7.12. The topological polar surface area (TPSA) is 139 Å². The summed E-state index contributed by atoms with van der Waals surface area (Å²) < 4.78 is 4.78. The van der Waals surface area contributed by atoms with E-state index in [4.69, 9.17) is 9.72 Å². The fourth-order valence-electron chi connectivity index (χ4n) is 9.03. The molecule has 2 fully saturated rings. The van der Waals surface area contributed by atoms with Crippen LogP contribution in [0.3, 0.4) is 0 Å². The molecule has 330 valence electrons. The summed E-state index contributed by atoms with van der Waals surface area (Å²) in [4.78, 5) is 48.9. The van der Waals surface area contributed by atoms with Crippen LogP contribution in [-0.4, -0.2) is 51.2 Å². The third-order valence-corrected chi connectivity index (χ3v) is 14.1. The fourth-order valence-corrected chi connectivity index (χ4v) is 10.1. The second-order valence-electron chi connectivity index (χ2n) is 18.8. The molecule has 2 aliphatic rings. The van der Waals surface area contributed by atoms with Gasteiger partial charge in [0.15, 0.2) is 0 Å². The smallest absolute Gasteiger partial charge is 0.356 e. The molecule has 3 N–H and O–H groups in total. The Hall–Kier alpha value is -5.61. The SMILES string of the molecule is CC(C)c1ccc(CC(NC(=O)c2cc3ccc(-c4ccc(C(C)(C)C)cc4)cc3c(CC3CCCC3)n2)C(=O)O)s1.COC(=O)c1cc2ccc(O)cc2c(CC2CCCC2)n1. The summed E-state index contributed by atoms with van der Waals surface area (Å²) in [6, 6.07) is 26.8. The Balaban J connectivity index is 0.000000236. The molecule has 1 amide bonds. The number of nitrogens with one attached hydrogen (secondary N) is 1. The largest absolute Gasteiger partial charge is 0.508 e. The Kier molecular flexibility index (Phi) is 14.3. The molecular weight excluding hydrogens is 807 g/mol. The number of carbonyl (C=O) groups excluding carboxylic acids is 2. The normalized spacial score (nSPS) is 15.1. The first kappa shape index (κ1) is 45.4. The third-order valence-electron chi connectivity index (χ3n) is 12.7. The van der Waals surface area contributed by atoms with Crippen LogP contribution in [0.2, 0.25) is 0 Å². The van der Waals surface area contributed by atoms with Crippen LogP contribution in [-0.2, 0) is 34.2 Å². The number of fused-ring (bicyclic) bond motifs is 2. The molecule has 9 nitrogen and oxygen atoms in total. The minimum atomic E-state index is -1.04. The van der Waals surface area contributed by atoms with Crippen molar-refractivity contribution in [1.29, 1.82) is 0 Å². The number of phenols is 1. The fraction of sp³-hybridized carbons (Fsp3) is 0.415. The number of amides is 1. The number of rotatable bonds is 12. The quantitative estimate of drug-likeness (QED) is 0.103. The van der Waals surface area contributed by atoms with E-state index < -0.39 is 23.9 Å². The van der Waals surface area contributed by atoms with Crippen molar-refractivity contribution in [2.75, 3.05) is 7.11 Å². The van der Waals surface area contributed by atoms with E-state index in [-0.39, 0.29) is 23.3 Å². The lowest BCUT2D eigenvalue weighted by Crippen LogP contribution is -2.42. The van der Waals surface area contributed by atoms with Gasteiger partial charge in [0.2, 0.25) is 0 Å². The first-order chi connectivity index (χ1) is 30.1. The summed E-state index contributed by atoms with van der Waals surface area (Å²) in [5.41, 5.74) is 6.08. The number of carboxylic acid groups (broad SMARTS) is 1. The lowest BCUT2D eigenvalue weighted by molar-refractivity contribution is -0.139. The molecule has 63 heavy (non-hydrogen) atoms. The van der Waals surface area contributed by atoms with Gasteiger partial charge >= 0.3 is 11.9 Å². The van der Waals surface area contributed by atoms with Gasteiger partial charge in [-0.05, 0) is 106 Å². The first-order valence-electron chi connectivity index (χ1n) is 22.5. The number of phenolic OH excluding ortho intramolecular Hbond substituents is 1. The lowest BCUT2D eigenvalue weighted by Gasteiger charge is -2.19. The van der Waals surface area contributed by atoms with Crippen molar-refractivity contribution in [3.05, 3.63) is 123 Å². The zero-order valence-corrected chi connectivity index (χ0v) is 38.3. The summed E-state index contributed by atoms with van der Waals surface area (Å²) >= 11 is 1.60. The van der Waals surface area contributed by atoms with Crippen LogP contribution < -0.4 is 5.32 Å². The van der Waals surface area contributed by atoms with E-state index in [1.165, 1.54) is 68.9 Å². The van der Waals surface area contributed by atoms with E-state index in [1.54, 1.807) is 35.6 Å². The maximum atomic E-state index is 13.5. The molecule has 1 unspecified atom stereocenters. The minimum Gasteiger partial charge on any atom is -0.508 e.